The molecule has 0 bridgehead atoms. The third-order valence-electron chi connectivity index (χ3n) is 3.14. The molecule has 2 atom stereocenters. The maximum atomic E-state index is 9.49. The second-order valence-electron chi connectivity index (χ2n) is 4.40. The Bertz CT molecular complexity index is 598. The molecule has 1 heterocycles. The quantitative estimate of drug-likeness (QED) is 0.918. The van der Waals surface area contributed by atoms with Gasteiger partial charge in [0, 0.05) is 18.7 Å². The first-order valence-electron chi connectivity index (χ1n) is 6.29. The second-order valence-corrected chi connectivity index (χ2v) is 4.79. The van der Waals surface area contributed by atoms with E-state index in [0.29, 0.717) is 12.1 Å². The molecule has 20 heavy (non-hydrogen) atoms. The van der Waals surface area contributed by atoms with Crippen molar-refractivity contribution in [3.8, 4) is 6.07 Å². The van der Waals surface area contributed by atoms with Gasteiger partial charge in [0.1, 0.15) is 5.15 Å². The van der Waals surface area contributed by atoms with Gasteiger partial charge in [-0.25, -0.2) is 4.98 Å². The fourth-order valence-electron chi connectivity index (χ4n) is 2.22. The van der Waals surface area contributed by atoms with Crippen molar-refractivity contribution in [1.82, 2.24) is 9.97 Å². The number of hydrogen-bond donors (Lipinski definition) is 1. The molecule has 0 aliphatic rings. The number of halogens is 1. The van der Waals surface area contributed by atoms with Crippen LogP contribution in [0.2, 0.25) is 5.15 Å². The molecule has 102 valence electrons. The van der Waals surface area contributed by atoms with E-state index in [9.17, 15) is 10.4 Å². The van der Waals surface area contributed by atoms with Gasteiger partial charge in [0.05, 0.1) is 23.9 Å². The first kappa shape index (κ1) is 14.4. The molecule has 0 unspecified atom stereocenters. The van der Waals surface area contributed by atoms with E-state index in [1.807, 2.05) is 30.3 Å². The summed E-state index contributed by atoms with van der Waals surface area (Å²) in [5, 5.41) is 19.0. The summed E-state index contributed by atoms with van der Waals surface area (Å²) in [5.74, 6) is -0.630. The van der Waals surface area contributed by atoms with Gasteiger partial charge in [-0.3, -0.25) is 4.98 Å². The Morgan fingerprint density at radius 2 is 2.00 bits per heavy atom. The molecule has 2 rings (SSSR count). The second kappa shape index (κ2) is 6.99. The molecule has 0 fully saturated rings. The highest BCUT2D eigenvalue weighted by atomic mass is 35.5. The monoisotopic (exact) mass is 287 g/mol. The SMILES string of the molecule is N#C[C@@H](c1ccccc1)[C@@H](CCO)c1cncc(Cl)n1. The number of aromatic nitrogens is 2. The van der Waals surface area contributed by atoms with Crippen molar-refractivity contribution in [2.45, 2.75) is 18.3 Å². The van der Waals surface area contributed by atoms with Gasteiger partial charge in [-0.2, -0.15) is 5.26 Å². The number of nitriles is 1. The zero-order valence-electron chi connectivity index (χ0n) is 10.8. The Morgan fingerprint density at radius 3 is 2.60 bits per heavy atom. The number of benzene rings is 1. The van der Waals surface area contributed by atoms with E-state index >= 15 is 0 Å². The first-order valence-corrected chi connectivity index (χ1v) is 6.67. The van der Waals surface area contributed by atoms with Crippen LogP contribution >= 0.6 is 11.6 Å². The molecule has 4 nitrogen and oxygen atoms in total. The Hall–Kier alpha value is -1.96. The minimum absolute atomic E-state index is 0.0239. The summed E-state index contributed by atoms with van der Waals surface area (Å²) in [7, 11) is 0. The van der Waals surface area contributed by atoms with Crippen molar-refractivity contribution in [3.05, 3.63) is 59.1 Å². The van der Waals surface area contributed by atoms with Gasteiger partial charge in [-0.15, -0.1) is 0 Å². The van der Waals surface area contributed by atoms with Crippen molar-refractivity contribution >= 4 is 11.6 Å². The normalized spacial score (nSPS) is 13.4. The molecule has 0 saturated carbocycles. The third kappa shape index (κ3) is 3.32. The van der Waals surface area contributed by atoms with Crippen molar-refractivity contribution < 1.29 is 5.11 Å². The zero-order valence-corrected chi connectivity index (χ0v) is 11.5. The van der Waals surface area contributed by atoms with Crippen LogP contribution in [0.3, 0.4) is 0 Å². The molecule has 5 heteroatoms. The minimum atomic E-state index is -0.392. The predicted octanol–water partition coefficient (Wildman–Crippen LogP) is 2.90. The average molecular weight is 288 g/mol. The first-order chi connectivity index (χ1) is 9.76. The summed E-state index contributed by atoms with van der Waals surface area (Å²) in [6, 6.07) is 11.8. The lowest BCUT2D eigenvalue weighted by molar-refractivity contribution is 0.271. The number of rotatable bonds is 5. The smallest absolute Gasteiger partial charge is 0.147 e. The van der Waals surface area contributed by atoms with Crippen LogP contribution in [0.1, 0.15) is 29.5 Å². The van der Waals surface area contributed by atoms with E-state index in [4.69, 9.17) is 11.6 Å². The highest BCUT2D eigenvalue weighted by Crippen LogP contribution is 2.34. The van der Waals surface area contributed by atoms with E-state index < -0.39 is 5.92 Å². The highest BCUT2D eigenvalue weighted by molar-refractivity contribution is 6.29. The van der Waals surface area contributed by atoms with E-state index in [0.717, 1.165) is 5.56 Å². The van der Waals surface area contributed by atoms with Crippen LogP contribution in [-0.4, -0.2) is 21.7 Å². The maximum Gasteiger partial charge on any atom is 0.147 e. The molecule has 0 aliphatic carbocycles. The molecule has 1 aromatic carbocycles. The van der Waals surface area contributed by atoms with Gasteiger partial charge in [-0.05, 0) is 12.0 Å². The fraction of sp³-hybridized carbons (Fsp3) is 0.267. The summed E-state index contributed by atoms with van der Waals surface area (Å²) < 4.78 is 0. The largest absolute Gasteiger partial charge is 0.396 e. The van der Waals surface area contributed by atoms with Crippen LogP contribution < -0.4 is 0 Å². The van der Waals surface area contributed by atoms with Gasteiger partial charge >= 0.3 is 0 Å². The van der Waals surface area contributed by atoms with Gasteiger partial charge in [0.15, 0.2) is 0 Å². The number of hydrogen-bond acceptors (Lipinski definition) is 4. The van der Waals surface area contributed by atoms with Crippen LogP contribution in [0.25, 0.3) is 0 Å². The summed E-state index contributed by atoms with van der Waals surface area (Å²) >= 11 is 5.86. The molecular weight excluding hydrogens is 274 g/mol. The van der Waals surface area contributed by atoms with E-state index in [-0.39, 0.29) is 17.7 Å². The lowest BCUT2D eigenvalue weighted by atomic mass is 9.83. The van der Waals surface area contributed by atoms with Crippen LogP contribution in [-0.2, 0) is 0 Å². The Balaban J connectivity index is 2.39. The lowest BCUT2D eigenvalue weighted by Gasteiger charge is -2.21. The Labute approximate surface area is 122 Å². The molecule has 1 aromatic heterocycles. The fourth-order valence-corrected chi connectivity index (χ4v) is 2.37. The number of aliphatic hydroxyl groups is 1. The van der Waals surface area contributed by atoms with Gasteiger partial charge < -0.3 is 5.11 Å². The summed E-state index contributed by atoms with van der Waals surface area (Å²) in [6.45, 7) is -0.0239. The number of aliphatic hydroxyl groups excluding tert-OH is 1. The molecule has 0 saturated heterocycles. The molecule has 0 amide bonds. The summed E-state index contributed by atoms with van der Waals surface area (Å²) in [6.07, 6.45) is 3.48. The Morgan fingerprint density at radius 1 is 1.25 bits per heavy atom. The molecular formula is C15H14ClN3O. The molecule has 2 aromatic rings. The molecule has 1 N–H and O–H groups in total. The van der Waals surface area contributed by atoms with E-state index in [2.05, 4.69) is 16.0 Å². The average Bonchev–Trinajstić information content (AvgIpc) is 2.48. The topological polar surface area (TPSA) is 69.8 Å². The molecule has 0 radical (unpaired) electrons. The summed E-state index contributed by atoms with van der Waals surface area (Å²) in [4.78, 5) is 8.24. The highest BCUT2D eigenvalue weighted by Gasteiger charge is 2.26. The van der Waals surface area contributed by atoms with E-state index in [1.54, 1.807) is 6.20 Å². The van der Waals surface area contributed by atoms with Gasteiger partial charge in [-0.1, -0.05) is 41.9 Å². The molecule has 0 aliphatic heterocycles. The standard InChI is InChI=1S/C15H14ClN3O/c16-15-10-18-9-14(19-15)12(6-7-20)13(8-17)11-4-2-1-3-5-11/h1-5,9-10,12-13,20H,6-7H2/t12-,13+/m1/s1. The van der Waals surface area contributed by atoms with Gasteiger partial charge in [0.2, 0.25) is 0 Å². The van der Waals surface area contributed by atoms with Crippen LogP contribution in [0.15, 0.2) is 42.7 Å². The minimum Gasteiger partial charge on any atom is -0.396 e. The van der Waals surface area contributed by atoms with Gasteiger partial charge in [0.25, 0.3) is 0 Å². The summed E-state index contributed by atoms with van der Waals surface area (Å²) in [5.41, 5.74) is 1.53. The number of nitrogens with zero attached hydrogens (tertiary/aromatic N) is 3. The lowest BCUT2D eigenvalue weighted by Crippen LogP contribution is -2.13. The maximum absolute atomic E-state index is 9.49. The van der Waals surface area contributed by atoms with Crippen molar-refractivity contribution in [1.29, 1.82) is 5.26 Å². The Kier molecular flexibility index (Phi) is 5.05. The van der Waals surface area contributed by atoms with Crippen LogP contribution in [0, 0.1) is 11.3 Å². The van der Waals surface area contributed by atoms with Crippen molar-refractivity contribution in [2.24, 2.45) is 0 Å². The van der Waals surface area contributed by atoms with E-state index in [1.165, 1.54) is 6.20 Å². The third-order valence-corrected chi connectivity index (χ3v) is 3.33. The molecule has 0 spiro atoms. The van der Waals surface area contributed by atoms with Crippen LogP contribution in [0.4, 0.5) is 0 Å². The van der Waals surface area contributed by atoms with Crippen molar-refractivity contribution in [3.63, 3.8) is 0 Å². The zero-order chi connectivity index (χ0) is 14.4. The van der Waals surface area contributed by atoms with Crippen LogP contribution in [0.5, 0.6) is 0 Å². The van der Waals surface area contributed by atoms with Crippen molar-refractivity contribution in [2.75, 3.05) is 6.61 Å². The predicted molar refractivity (Wildman–Crippen MR) is 76.3 cm³/mol.